The molecule has 128 valence electrons. The molecule has 2 N–H and O–H groups in total. The minimum atomic E-state index is -3.32. The number of oxazole rings is 1. The number of hydrogen-bond donors (Lipinski definition) is 2. The van der Waals surface area contributed by atoms with E-state index in [4.69, 9.17) is 4.42 Å². The molecule has 0 bridgehead atoms. The first-order valence-corrected chi connectivity index (χ1v) is 9.39. The van der Waals surface area contributed by atoms with E-state index in [1.54, 1.807) is 18.2 Å². The Morgan fingerprint density at radius 1 is 1.24 bits per heavy atom. The molecule has 4 aromatic rings. The smallest absolute Gasteiger partial charge is 0.210 e. The highest BCUT2D eigenvalue weighted by Crippen LogP contribution is 2.31. The minimum Gasteiger partial charge on any atom is -0.439 e. The molecule has 0 spiro atoms. The zero-order valence-electron chi connectivity index (χ0n) is 13.2. The van der Waals surface area contributed by atoms with Gasteiger partial charge in [0.05, 0.1) is 12.8 Å². The third-order valence-electron chi connectivity index (χ3n) is 3.87. The van der Waals surface area contributed by atoms with E-state index in [1.807, 2.05) is 12.3 Å². The molecule has 0 amide bonds. The fraction of sp³-hybridized carbons (Fsp3) is 0.118. The van der Waals surface area contributed by atoms with E-state index in [0.29, 0.717) is 11.1 Å². The SMILES string of the molecule is CS(=O)(=O)NCc1nc2ccc(-c3c[nH]c4ccc(F)cc34)cc2o1. The molecule has 8 heteroatoms. The lowest BCUT2D eigenvalue weighted by atomic mass is 10.0. The average Bonchev–Trinajstić information content (AvgIpc) is 3.14. The second-order valence-electron chi connectivity index (χ2n) is 5.78. The quantitative estimate of drug-likeness (QED) is 0.586. The Balaban J connectivity index is 1.74. The van der Waals surface area contributed by atoms with Crippen molar-refractivity contribution in [3.8, 4) is 11.1 Å². The van der Waals surface area contributed by atoms with Crippen molar-refractivity contribution in [2.45, 2.75) is 6.54 Å². The highest BCUT2D eigenvalue weighted by molar-refractivity contribution is 7.88. The number of rotatable bonds is 4. The van der Waals surface area contributed by atoms with Crippen molar-refractivity contribution in [3.05, 3.63) is 54.3 Å². The van der Waals surface area contributed by atoms with Crippen LogP contribution in [0.2, 0.25) is 0 Å². The molecule has 2 aromatic carbocycles. The summed E-state index contributed by atoms with van der Waals surface area (Å²) in [6.45, 7) is -0.0128. The van der Waals surface area contributed by atoms with E-state index in [1.165, 1.54) is 12.1 Å². The molecule has 2 heterocycles. The number of halogens is 1. The van der Waals surface area contributed by atoms with Crippen LogP contribution < -0.4 is 4.72 Å². The first kappa shape index (κ1) is 15.8. The van der Waals surface area contributed by atoms with Gasteiger partial charge in [0, 0.05) is 22.7 Å². The minimum absolute atomic E-state index is 0.0128. The lowest BCUT2D eigenvalue weighted by Crippen LogP contribution is -2.21. The van der Waals surface area contributed by atoms with Gasteiger partial charge in [-0.15, -0.1) is 0 Å². The molecule has 0 aliphatic carbocycles. The lowest BCUT2D eigenvalue weighted by molar-refractivity contribution is 0.515. The van der Waals surface area contributed by atoms with Gasteiger partial charge in [0.2, 0.25) is 15.9 Å². The van der Waals surface area contributed by atoms with Crippen molar-refractivity contribution >= 4 is 32.0 Å². The number of aromatic nitrogens is 2. The molecule has 0 atom stereocenters. The summed E-state index contributed by atoms with van der Waals surface area (Å²) < 4.78 is 43.8. The first-order valence-electron chi connectivity index (χ1n) is 7.50. The molecule has 4 rings (SSSR count). The third-order valence-corrected chi connectivity index (χ3v) is 4.54. The van der Waals surface area contributed by atoms with Crippen LogP contribution in [0.4, 0.5) is 4.39 Å². The molecule has 0 fully saturated rings. The number of benzene rings is 2. The van der Waals surface area contributed by atoms with E-state index in [0.717, 1.165) is 28.3 Å². The summed E-state index contributed by atoms with van der Waals surface area (Å²) in [5.74, 6) is -0.0224. The molecule has 0 saturated carbocycles. The first-order chi connectivity index (χ1) is 11.9. The van der Waals surface area contributed by atoms with Gasteiger partial charge >= 0.3 is 0 Å². The molecular formula is C17H14FN3O3S. The van der Waals surface area contributed by atoms with Crippen LogP contribution in [0.1, 0.15) is 5.89 Å². The van der Waals surface area contributed by atoms with E-state index >= 15 is 0 Å². The van der Waals surface area contributed by atoms with Gasteiger partial charge in [0.15, 0.2) is 5.58 Å². The zero-order chi connectivity index (χ0) is 17.6. The number of hydrogen-bond acceptors (Lipinski definition) is 4. The Labute approximate surface area is 142 Å². The van der Waals surface area contributed by atoms with Gasteiger partial charge in [-0.1, -0.05) is 6.07 Å². The fourth-order valence-electron chi connectivity index (χ4n) is 2.74. The number of nitrogens with one attached hydrogen (secondary N) is 2. The number of H-pyrrole nitrogens is 1. The largest absolute Gasteiger partial charge is 0.439 e. The van der Waals surface area contributed by atoms with Crippen LogP contribution in [0.5, 0.6) is 0 Å². The summed E-state index contributed by atoms with van der Waals surface area (Å²) in [7, 11) is -3.32. The summed E-state index contributed by atoms with van der Waals surface area (Å²) in [6.07, 6.45) is 2.89. The van der Waals surface area contributed by atoms with Crippen LogP contribution >= 0.6 is 0 Å². The van der Waals surface area contributed by atoms with E-state index in [-0.39, 0.29) is 18.3 Å². The van der Waals surface area contributed by atoms with E-state index in [9.17, 15) is 12.8 Å². The molecule has 0 radical (unpaired) electrons. The third kappa shape index (κ3) is 3.13. The average molecular weight is 359 g/mol. The summed E-state index contributed by atoms with van der Waals surface area (Å²) in [6, 6.07) is 10.0. The highest BCUT2D eigenvalue weighted by Gasteiger charge is 2.12. The normalized spacial score (nSPS) is 12.2. The lowest BCUT2D eigenvalue weighted by Gasteiger charge is -1.99. The molecule has 2 aromatic heterocycles. The van der Waals surface area contributed by atoms with Crippen molar-refractivity contribution in [3.63, 3.8) is 0 Å². The predicted octanol–water partition coefficient (Wildman–Crippen LogP) is 3.16. The predicted molar refractivity (Wildman–Crippen MR) is 92.9 cm³/mol. The molecular weight excluding hydrogens is 345 g/mol. The summed E-state index contributed by atoms with van der Waals surface area (Å²) in [4.78, 5) is 7.37. The summed E-state index contributed by atoms with van der Waals surface area (Å²) in [5, 5.41) is 0.776. The van der Waals surface area contributed by atoms with Gasteiger partial charge in [0.25, 0.3) is 0 Å². The molecule has 0 aliphatic heterocycles. The highest BCUT2D eigenvalue weighted by atomic mass is 32.2. The fourth-order valence-corrected chi connectivity index (χ4v) is 3.13. The zero-order valence-corrected chi connectivity index (χ0v) is 14.0. The molecule has 6 nitrogen and oxygen atoms in total. The monoisotopic (exact) mass is 359 g/mol. The van der Waals surface area contributed by atoms with E-state index < -0.39 is 10.0 Å². The number of fused-ring (bicyclic) bond motifs is 2. The Morgan fingerprint density at radius 3 is 2.88 bits per heavy atom. The van der Waals surface area contributed by atoms with E-state index in [2.05, 4.69) is 14.7 Å². The van der Waals surface area contributed by atoms with Crippen molar-refractivity contribution in [1.29, 1.82) is 0 Å². The van der Waals surface area contributed by atoms with Gasteiger partial charge < -0.3 is 9.40 Å². The van der Waals surface area contributed by atoms with Crippen LogP contribution in [0.25, 0.3) is 33.1 Å². The Hall–Kier alpha value is -2.71. The standard InChI is InChI=1S/C17H14FN3O3S/c1-25(22,23)20-9-17-21-15-4-2-10(6-16(15)24-17)13-8-19-14-5-3-11(18)7-12(13)14/h2-8,19-20H,9H2,1H3. The Bertz CT molecular complexity index is 1190. The van der Waals surface area contributed by atoms with Crippen molar-refractivity contribution in [2.24, 2.45) is 0 Å². The molecule has 0 aliphatic rings. The summed E-state index contributed by atoms with van der Waals surface area (Å²) in [5.41, 5.74) is 3.70. The summed E-state index contributed by atoms with van der Waals surface area (Å²) >= 11 is 0. The maximum Gasteiger partial charge on any atom is 0.210 e. The second kappa shape index (κ2) is 5.68. The number of aromatic amines is 1. The number of sulfonamides is 1. The maximum absolute atomic E-state index is 13.5. The molecule has 0 unspecified atom stereocenters. The van der Waals surface area contributed by atoms with Gasteiger partial charge in [-0.3, -0.25) is 0 Å². The van der Waals surface area contributed by atoms with Crippen LogP contribution in [-0.4, -0.2) is 24.6 Å². The second-order valence-corrected chi connectivity index (χ2v) is 7.61. The van der Waals surface area contributed by atoms with Crippen molar-refractivity contribution < 1.29 is 17.2 Å². The molecule has 0 saturated heterocycles. The maximum atomic E-state index is 13.5. The van der Waals surface area contributed by atoms with Crippen LogP contribution in [0.15, 0.2) is 47.0 Å². The van der Waals surface area contributed by atoms with Crippen LogP contribution in [0.3, 0.4) is 0 Å². The van der Waals surface area contributed by atoms with Crippen LogP contribution in [-0.2, 0) is 16.6 Å². The topological polar surface area (TPSA) is 88.0 Å². The molecule has 25 heavy (non-hydrogen) atoms. The number of nitrogens with zero attached hydrogens (tertiary/aromatic N) is 1. The Morgan fingerprint density at radius 2 is 2.08 bits per heavy atom. The van der Waals surface area contributed by atoms with Gasteiger partial charge in [-0.2, -0.15) is 0 Å². The Kier molecular flexibility index (Phi) is 3.59. The van der Waals surface area contributed by atoms with Gasteiger partial charge in [0.1, 0.15) is 11.3 Å². The van der Waals surface area contributed by atoms with Crippen molar-refractivity contribution in [2.75, 3.05) is 6.26 Å². The van der Waals surface area contributed by atoms with Crippen LogP contribution in [0, 0.1) is 5.82 Å². The van der Waals surface area contributed by atoms with Gasteiger partial charge in [-0.25, -0.2) is 22.5 Å². The van der Waals surface area contributed by atoms with Gasteiger partial charge in [-0.05, 0) is 35.9 Å². The van der Waals surface area contributed by atoms with Crippen molar-refractivity contribution in [1.82, 2.24) is 14.7 Å².